The van der Waals surface area contributed by atoms with Crippen LogP contribution in [0.15, 0.2) is 10.2 Å². The Bertz CT molecular complexity index is 147. The van der Waals surface area contributed by atoms with Crippen LogP contribution in [-0.2, 0) is 4.79 Å². The zero-order valence-corrected chi connectivity index (χ0v) is 7.16. The number of carbonyl (C=O) groups is 1. The van der Waals surface area contributed by atoms with Crippen LogP contribution in [0, 0.1) is 0 Å². The summed E-state index contributed by atoms with van der Waals surface area (Å²) >= 11 is 3.07. The van der Waals surface area contributed by atoms with Crippen molar-refractivity contribution in [2.24, 2.45) is 5.73 Å². The monoisotopic (exact) mass is 191 g/mol. The summed E-state index contributed by atoms with van der Waals surface area (Å²) in [6.07, 6.45) is 0.495. The lowest BCUT2D eigenvalue weighted by Gasteiger charge is -1.95. The minimum Gasteiger partial charge on any atom is -0.401 e. The van der Waals surface area contributed by atoms with Crippen molar-refractivity contribution in [2.75, 3.05) is 0 Å². The Hall–Kier alpha value is -0.310. The summed E-state index contributed by atoms with van der Waals surface area (Å²) in [5.74, 6) is 0.0509. The van der Waals surface area contributed by atoms with Gasteiger partial charge in [0, 0.05) is 12.1 Å². The second-order valence-corrected chi connectivity index (χ2v) is 2.57. The average Bonchev–Trinajstić information content (AvgIpc) is 1.84. The predicted octanol–water partition coefficient (Wildman–Crippen LogP) is 1.55. The zero-order valence-electron chi connectivity index (χ0n) is 5.57. The van der Waals surface area contributed by atoms with Gasteiger partial charge in [0.25, 0.3) is 0 Å². The number of Topliss-reactive ketones (excluding diaryl/α,β-unsaturated/α-hetero) is 1. The van der Waals surface area contributed by atoms with Crippen LogP contribution >= 0.6 is 15.9 Å². The highest BCUT2D eigenvalue weighted by Gasteiger charge is 2.03. The first-order valence-electron chi connectivity index (χ1n) is 2.74. The Morgan fingerprint density at radius 2 is 2.11 bits per heavy atom. The summed E-state index contributed by atoms with van der Waals surface area (Å²) in [6, 6.07) is 0. The largest absolute Gasteiger partial charge is 0.401 e. The molecule has 0 aliphatic carbocycles. The van der Waals surface area contributed by atoms with Gasteiger partial charge in [-0.3, -0.25) is 4.79 Å². The van der Waals surface area contributed by atoms with E-state index in [1.165, 1.54) is 0 Å². The van der Waals surface area contributed by atoms with Gasteiger partial charge in [-0.05, 0) is 22.9 Å². The molecule has 52 valence electrons. The van der Waals surface area contributed by atoms with Crippen molar-refractivity contribution in [1.82, 2.24) is 0 Å². The maximum absolute atomic E-state index is 10.8. The van der Waals surface area contributed by atoms with Gasteiger partial charge in [0.1, 0.15) is 0 Å². The third kappa shape index (κ3) is 2.65. The maximum Gasteiger partial charge on any atom is 0.171 e. The highest BCUT2D eigenvalue weighted by atomic mass is 79.9. The molecule has 0 aliphatic heterocycles. The van der Waals surface area contributed by atoms with Crippen molar-refractivity contribution in [3.8, 4) is 0 Å². The molecule has 0 aromatic heterocycles. The molecule has 0 radical (unpaired) electrons. The first-order chi connectivity index (χ1) is 4.09. The summed E-state index contributed by atoms with van der Waals surface area (Å²) in [7, 11) is 0. The Morgan fingerprint density at radius 3 is 2.22 bits per heavy atom. The average molecular weight is 192 g/mol. The topological polar surface area (TPSA) is 43.1 Å². The van der Waals surface area contributed by atoms with Crippen LogP contribution < -0.4 is 5.73 Å². The molecule has 0 bridgehead atoms. The SMILES string of the molecule is CCC(=O)/C(Br)=C(/C)N. The Kier molecular flexibility index (Phi) is 3.54. The van der Waals surface area contributed by atoms with Crippen molar-refractivity contribution in [1.29, 1.82) is 0 Å². The molecule has 2 nitrogen and oxygen atoms in total. The van der Waals surface area contributed by atoms with E-state index >= 15 is 0 Å². The molecule has 0 aromatic rings. The van der Waals surface area contributed by atoms with Gasteiger partial charge in [0.2, 0.25) is 0 Å². The van der Waals surface area contributed by atoms with Gasteiger partial charge in [-0.1, -0.05) is 6.92 Å². The molecule has 0 atom stereocenters. The number of hydrogen-bond donors (Lipinski definition) is 1. The van der Waals surface area contributed by atoms with Crippen LogP contribution in [0.25, 0.3) is 0 Å². The van der Waals surface area contributed by atoms with E-state index in [1.54, 1.807) is 13.8 Å². The van der Waals surface area contributed by atoms with Gasteiger partial charge in [-0.15, -0.1) is 0 Å². The molecule has 0 amide bonds. The van der Waals surface area contributed by atoms with Gasteiger partial charge >= 0.3 is 0 Å². The van der Waals surface area contributed by atoms with E-state index in [0.717, 1.165) is 0 Å². The van der Waals surface area contributed by atoms with Gasteiger partial charge in [-0.25, -0.2) is 0 Å². The lowest BCUT2D eigenvalue weighted by Crippen LogP contribution is -2.02. The van der Waals surface area contributed by atoms with Crippen molar-refractivity contribution in [3.63, 3.8) is 0 Å². The van der Waals surface area contributed by atoms with Crippen LogP contribution in [-0.4, -0.2) is 5.78 Å². The molecule has 0 fully saturated rings. The quantitative estimate of drug-likeness (QED) is 0.674. The van der Waals surface area contributed by atoms with Gasteiger partial charge in [-0.2, -0.15) is 0 Å². The molecule has 0 saturated heterocycles. The predicted molar refractivity (Wildman–Crippen MR) is 41.1 cm³/mol. The summed E-state index contributed by atoms with van der Waals surface area (Å²) in [5, 5.41) is 0. The van der Waals surface area contributed by atoms with Crippen LogP contribution in [0.5, 0.6) is 0 Å². The highest BCUT2D eigenvalue weighted by Crippen LogP contribution is 2.10. The number of halogens is 1. The van der Waals surface area contributed by atoms with E-state index in [1.807, 2.05) is 0 Å². The van der Waals surface area contributed by atoms with E-state index in [0.29, 0.717) is 16.6 Å². The van der Waals surface area contributed by atoms with Crippen molar-refractivity contribution in [3.05, 3.63) is 10.2 Å². The van der Waals surface area contributed by atoms with Gasteiger partial charge in [0.15, 0.2) is 5.78 Å². The summed E-state index contributed by atoms with van der Waals surface area (Å²) in [5.41, 5.74) is 5.87. The van der Waals surface area contributed by atoms with E-state index in [4.69, 9.17) is 5.73 Å². The number of carbonyl (C=O) groups excluding carboxylic acids is 1. The molecule has 2 N–H and O–H groups in total. The second kappa shape index (κ2) is 3.67. The summed E-state index contributed by atoms with van der Waals surface area (Å²) in [6.45, 7) is 3.49. The first kappa shape index (κ1) is 8.69. The first-order valence-corrected chi connectivity index (χ1v) is 3.54. The maximum atomic E-state index is 10.8. The van der Waals surface area contributed by atoms with E-state index in [-0.39, 0.29) is 5.78 Å². The molecule has 0 spiro atoms. The van der Waals surface area contributed by atoms with Crippen LogP contribution in [0.4, 0.5) is 0 Å². The van der Waals surface area contributed by atoms with Crippen molar-refractivity contribution in [2.45, 2.75) is 20.3 Å². The van der Waals surface area contributed by atoms with E-state index in [2.05, 4.69) is 15.9 Å². The van der Waals surface area contributed by atoms with Gasteiger partial charge in [0.05, 0.1) is 4.48 Å². The number of ketones is 1. The smallest absolute Gasteiger partial charge is 0.171 e. The molecule has 0 rings (SSSR count). The number of hydrogen-bond acceptors (Lipinski definition) is 2. The fraction of sp³-hybridized carbons (Fsp3) is 0.500. The fourth-order valence-electron chi connectivity index (χ4n) is 0.375. The van der Waals surface area contributed by atoms with Crippen LogP contribution in [0.1, 0.15) is 20.3 Å². The third-order valence-corrected chi connectivity index (χ3v) is 1.98. The van der Waals surface area contributed by atoms with Crippen LogP contribution in [0.2, 0.25) is 0 Å². The number of allylic oxidation sites excluding steroid dienone is 2. The highest BCUT2D eigenvalue weighted by molar-refractivity contribution is 9.12. The standard InChI is InChI=1S/C6H10BrNO/c1-3-5(9)6(7)4(2)8/h3,8H2,1-2H3/b6-4+. The van der Waals surface area contributed by atoms with Crippen molar-refractivity contribution < 1.29 is 4.79 Å². The summed E-state index contributed by atoms with van der Waals surface area (Å²) < 4.78 is 0.505. The normalized spacial score (nSPS) is 12.8. The zero-order chi connectivity index (χ0) is 7.44. The van der Waals surface area contributed by atoms with Crippen molar-refractivity contribution >= 4 is 21.7 Å². The Morgan fingerprint density at radius 1 is 1.67 bits per heavy atom. The minimum atomic E-state index is 0.0509. The second-order valence-electron chi connectivity index (χ2n) is 1.77. The van der Waals surface area contributed by atoms with Crippen LogP contribution in [0.3, 0.4) is 0 Å². The van der Waals surface area contributed by atoms with E-state index < -0.39 is 0 Å². The molecule has 0 aromatic carbocycles. The number of nitrogens with two attached hydrogens (primary N) is 1. The molecular weight excluding hydrogens is 182 g/mol. The molecule has 0 saturated carbocycles. The molecular formula is C6H10BrNO. The number of rotatable bonds is 2. The third-order valence-electron chi connectivity index (χ3n) is 0.912. The minimum absolute atomic E-state index is 0.0509. The Labute approximate surface area is 63.2 Å². The van der Waals surface area contributed by atoms with Gasteiger partial charge < -0.3 is 5.73 Å². The lowest BCUT2D eigenvalue weighted by atomic mass is 10.3. The van der Waals surface area contributed by atoms with E-state index in [9.17, 15) is 4.79 Å². The Balaban J connectivity index is 4.21. The molecule has 0 heterocycles. The summed E-state index contributed by atoms with van der Waals surface area (Å²) in [4.78, 5) is 10.8. The fourth-order valence-corrected chi connectivity index (χ4v) is 0.655. The molecule has 3 heteroatoms. The molecule has 0 aliphatic rings. The molecule has 9 heavy (non-hydrogen) atoms. The molecule has 0 unspecified atom stereocenters. The lowest BCUT2D eigenvalue weighted by molar-refractivity contribution is -0.114.